The van der Waals surface area contributed by atoms with Gasteiger partial charge in [-0.05, 0) is 68.8 Å². The zero-order valence-corrected chi connectivity index (χ0v) is 11.0. The lowest BCUT2D eigenvalue weighted by Crippen LogP contribution is -2.44. The van der Waals surface area contributed by atoms with E-state index < -0.39 is 0 Å². The van der Waals surface area contributed by atoms with Gasteiger partial charge >= 0.3 is 0 Å². The second kappa shape index (κ2) is 3.85. The van der Waals surface area contributed by atoms with E-state index in [-0.39, 0.29) is 0 Å². The Morgan fingerprint density at radius 1 is 1.06 bits per heavy atom. The number of hydrogen-bond donors (Lipinski definition) is 0. The van der Waals surface area contributed by atoms with Crippen molar-refractivity contribution in [1.82, 2.24) is 0 Å². The summed E-state index contributed by atoms with van der Waals surface area (Å²) >= 11 is 0. The van der Waals surface area contributed by atoms with E-state index in [0.29, 0.717) is 12.2 Å². The molecule has 4 fully saturated rings. The van der Waals surface area contributed by atoms with Crippen LogP contribution in [0.5, 0.6) is 0 Å². The van der Waals surface area contributed by atoms with E-state index in [1.807, 2.05) is 5.57 Å². The zero-order chi connectivity index (χ0) is 11.4. The van der Waals surface area contributed by atoms with Crippen LogP contribution in [0.25, 0.3) is 0 Å². The van der Waals surface area contributed by atoms with Crippen LogP contribution in [0.4, 0.5) is 0 Å². The topological polar surface area (TPSA) is 9.23 Å². The Morgan fingerprint density at radius 2 is 1.76 bits per heavy atom. The lowest BCUT2D eigenvalue weighted by atomic mass is 9.51. The van der Waals surface area contributed by atoms with E-state index in [9.17, 15) is 0 Å². The van der Waals surface area contributed by atoms with Crippen molar-refractivity contribution in [2.75, 3.05) is 0 Å². The van der Waals surface area contributed by atoms with E-state index >= 15 is 0 Å². The molecule has 6 rings (SSSR count). The predicted molar refractivity (Wildman–Crippen MR) is 68.8 cm³/mol. The van der Waals surface area contributed by atoms with Crippen molar-refractivity contribution >= 4 is 0 Å². The largest absolute Gasteiger partial charge is 0.371 e. The van der Waals surface area contributed by atoms with Gasteiger partial charge in [-0.15, -0.1) is 0 Å². The molecule has 17 heavy (non-hydrogen) atoms. The molecule has 6 aliphatic rings. The molecule has 0 spiro atoms. The quantitative estimate of drug-likeness (QED) is 0.666. The molecule has 0 aromatic rings. The van der Waals surface area contributed by atoms with Gasteiger partial charge in [0, 0.05) is 0 Å². The summed E-state index contributed by atoms with van der Waals surface area (Å²) in [5.41, 5.74) is 3.60. The highest BCUT2D eigenvalue weighted by Gasteiger charge is 2.48. The lowest BCUT2D eigenvalue weighted by molar-refractivity contribution is 0.00654. The Bertz CT molecular complexity index is 337. The van der Waals surface area contributed by atoms with Gasteiger partial charge in [0.25, 0.3) is 0 Å². The minimum absolute atomic E-state index is 0.432. The van der Waals surface area contributed by atoms with Crippen molar-refractivity contribution in [3.63, 3.8) is 0 Å². The van der Waals surface area contributed by atoms with Crippen LogP contribution in [0.15, 0.2) is 11.1 Å². The molecule has 6 aliphatic carbocycles. The Morgan fingerprint density at radius 3 is 2.41 bits per heavy atom. The second-order valence-corrected chi connectivity index (χ2v) is 6.84. The number of rotatable bonds is 3. The van der Waals surface area contributed by atoms with Gasteiger partial charge in [-0.25, -0.2) is 0 Å². The molecule has 0 saturated heterocycles. The molecule has 3 atom stereocenters. The van der Waals surface area contributed by atoms with Crippen LogP contribution in [0.2, 0.25) is 0 Å². The van der Waals surface area contributed by atoms with Crippen molar-refractivity contribution in [2.24, 2.45) is 17.8 Å². The van der Waals surface area contributed by atoms with Crippen molar-refractivity contribution in [1.29, 1.82) is 0 Å². The van der Waals surface area contributed by atoms with Crippen LogP contribution in [0.1, 0.15) is 58.3 Å². The first kappa shape index (κ1) is 10.6. The van der Waals surface area contributed by atoms with Gasteiger partial charge in [0.15, 0.2) is 0 Å². The highest BCUT2D eigenvalue weighted by Crippen LogP contribution is 2.60. The fraction of sp³-hybridized carbons (Fsp3) is 0.875. The summed E-state index contributed by atoms with van der Waals surface area (Å²) in [4.78, 5) is 0. The molecule has 0 amide bonds. The minimum atomic E-state index is 0.432. The van der Waals surface area contributed by atoms with Crippen LogP contribution in [0, 0.1) is 17.8 Å². The van der Waals surface area contributed by atoms with Crippen LogP contribution in [0.3, 0.4) is 0 Å². The third-order valence-electron chi connectivity index (χ3n) is 5.75. The molecular weight excluding hydrogens is 208 g/mol. The van der Waals surface area contributed by atoms with Gasteiger partial charge in [-0.3, -0.25) is 0 Å². The fourth-order valence-corrected chi connectivity index (χ4v) is 5.03. The number of ether oxygens (including phenoxy) is 1. The molecule has 3 unspecified atom stereocenters. The van der Waals surface area contributed by atoms with Crippen molar-refractivity contribution in [2.45, 2.75) is 70.5 Å². The summed E-state index contributed by atoms with van der Waals surface area (Å²) in [7, 11) is 0. The standard InChI is InChI=1S/C16H24O/c1-10(17-14-4-2-3-5-14)15-8-11-6-12-9-13(7-11)16(12)15/h10-14H,2-9H2,1H3. The summed E-state index contributed by atoms with van der Waals surface area (Å²) in [6.07, 6.45) is 12.3. The fourth-order valence-electron chi connectivity index (χ4n) is 5.03. The summed E-state index contributed by atoms with van der Waals surface area (Å²) < 4.78 is 6.31. The number of allylic oxidation sites excluding steroid dienone is 1. The monoisotopic (exact) mass is 232 g/mol. The van der Waals surface area contributed by atoms with Gasteiger partial charge in [0.05, 0.1) is 12.2 Å². The maximum absolute atomic E-state index is 6.31. The Hall–Kier alpha value is -0.300. The van der Waals surface area contributed by atoms with E-state index in [1.54, 1.807) is 5.57 Å². The Kier molecular flexibility index (Phi) is 2.40. The van der Waals surface area contributed by atoms with Gasteiger partial charge in [-0.2, -0.15) is 0 Å². The molecule has 0 radical (unpaired) electrons. The minimum Gasteiger partial charge on any atom is -0.371 e. The summed E-state index contributed by atoms with van der Waals surface area (Å²) in [6.45, 7) is 2.32. The summed E-state index contributed by atoms with van der Waals surface area (Å²) in [5, 5.41) is 0. The smallest absolute Gasteiger partial charge is 0.0763 e. The van der Waals surface area contributed by atoms with E-state index in [4.69, 9.17) is 4.74 Å². The average Bonchev–Trinajstić information content (AvgIpc) is 2.81. The SMILES string of the molecule is CC(OC1CCCC1)C1=C2C3CC(C1)CC2C3. The lowest BCUT2D eigenvalue weighted by Gasteiger charge is -2.55. The molecule has 4 saturated carbocycles. The summed E-state index contributed by atoms with van der Waals surface area (Å²) in [6, 6.07) is 0. The van der Waals surface area contributed by atoms with Crippen molar-refractivity contribution in [3.8, 4) is 0 Å². The van der Waals surface area contributed by atoms with Crippen LogP contribution in [-0.4, -0.2) is 12.2 Å². The van der Waals surface area contributed by atoms with E-state index in [2.05, 4.69) is 6.92 Å². The van der Waals surface area contributed by atoms with Crippen molar-refractivity contribution in [3.05, 3.63) is 11.1 Å². The first-order valence-electron chi connectivity index (χ1n) is 7.69. The van der Waals surface area contributed by atoms with Gasteiger partial charge in [-0.1, -0.05) is 18.4 Å². The van der Waals surface area contributed by atoms with E-state index in [0.717, 1.165) is 17.8 Å². The molecule has 0 heterocycles. The van der Waals surface area contributed by atoms with Gasteiger partial charge in [0.2, 0.25) is 0 Å². The Labute approximate surface area is 105 Å². The molecule has 94 valence electrons. The highest BCUT2D eigenvalue weighted by atomic mass is 16.5. The maximum Gasteiger partial charge on any atom is 0.0763 e. The van der Waals surface area contributed by atoms with Crippen LogP contribution >= 0.6 is 0 Å². The van der Waals surface area contributed by atoms with Crippen LogP contribution in [-0.2, 0) is 4.74 Å². The van der Waals surface area contributed by atoms with Crippen LogP contribution < -0.4 is 0 Å². The first-order valence-corrected chi connectivity index (χ1v) is 7.69. The van der Waals surface area contributed by atoms with E-state index in [1.165, 1.54) is 51.4 Å². The molecule has 0 N–H and O–H groups in total. The average molecular weight is 232 g/mol. The normalized spacial score (nSPS) is 41.8. The third kappa shape index (κ3) is 1.62. The molecule has 0 aromatic heterocycles. The van der Waals surface area contributed by atoms with Gasteiger partial charge < -0.3 is 4.74 Å². The second-order valence-electron chi connectivity index (χ2n) is 6.84. The first-order chi connectivity index (χ1) is 8.31. The molecule has 1 heteroatoms. The van der Waals surface area contributed by atoms with Crippen molar-refractivity contribution < 1.29 is 4.74 Å². The predicted octanol–water partition coefficient (Wildman–Crippen LogP) is 4.08. The number of fused-ring (bicyclic) bond motifs is 1. The Balaban J connectivity index is 1.51. The number of hydrogen-bond acceptors (Lipinski definition) is 1. The highest BCUT2D eigenvalue weighted by molar-refractivity contribution is 5.35. The molecule has 4 bridgehead atoms. The maximum atomic E-state index is 6.31. The third-order valence-corrected chi connectivity index (χ3v) is 5.75. The zero-order valence-electron chi connectivity index (χ0n) is 11.0. The molecule has 1 nitrogen and oxygen atoms in total. The molecule has 0 aromatic carbocycles. The van der Waals surface area contributed by atoms with Gasteiger partial charge in [0.1, 0.15) is 0 Å². The summed E-state index contributed by atoms with van der Waals surface area (Å²) in [5.74, 6) is 2.98. The molecule has 0 aliphatic heterocycles. The molecular formula is C16H24O.